The van der Waals surface area contributed by atoms with E-state index in [0.717, 1.165) is 0 Å². The number of hydrogen-bond acceptors (Lipinski definition) is 8. The van der Waals surface area contributed by atoms with Gasteiger partial charge in [0, 0.05) is 16.7 Å². The highest BCUT2D eigenvalue weighted by atomic mass is 16.4. The lowest BCUT2D eigenvalue weighted by Crippen LogP contribution is -2.72. The minimum absolute atomic E-state index is 0.0763. The molecule has 0 saturated heterocycles. The van der Waals surface area contributed by atoms with Gasteiger partial charge in [0.15, 0.2) is 17.7 Å². The molecule has 0 aromatic heterocycles. The van der Waals surface area contributed by atoms with Gasteiger partial charge in [-0.15, -0.1) is 0 Å². The Bertz CT molecular complexity index is 1180. The highest BCUT2D eigenvalue weighted by molar-refractivity contribution is 6.19. The van der Waals surface area contributed by atoms with Gasteiger partial charge in [-0.2, -0.15) is 0 Å². The molecule has 174 valence electrons. The molecule has 1 unspecified atom stereocenters. The Morgan fingerprint density at radius 2 is 1.03 bits per heavy atom. The highest BCUT2D eigenvalue weighted by Crippen LogP contribution is 2.34. The van der Waals surface area contributed by atoms with E-state index in [1.54, 1.807) is 18.2 Å². The molecule has 0 radical (unpaired) electrons. The van der Waals surface area contributed by atoms with Crippen molar-refractivity contribution in [2.75, 3.05) is 0 Å². The zero-order valence-electron chi connectivity index (χ0n) is 17.8. The number of carbonyl (C=O) groups is 4. The van der Waals surface area contributed by atoms with Crippen LogP contribution in [0.3, 0.4) is 0 Å². The summed E-state index contributed by atoms with van der Waals surface area (Å²) < 4.78 is 0. The number of aliphatic hydroxyl groups is 4. The number of benzene rings is 3. The summed E-state index contributed by atoms with van der Waals surface area (Å²) in [6, 6.07) is 20.8. The van der Waals surface area contributed by atoms with Gasteiger partial charge >= 0.3 is 0 Å². The number of carbonyl (C=O) groups excluding carboxylic acids is 4. The Kier molecular flexibility index (Phi) is 7.29. The third kappa shape index (κ3) is 4.23. The number of hydrogen-bond donors (Lipinski definition) is 4. The lowest BCUT2D eigenvalue weighted by atomic mass is 9.69. The Balaban J connectivity index is 2.17. The molecule has 0 spiro atoms. The van der Waals surface area contributed by atoms with Gasteiger partial charge in [-0.25, -0.2) is 0 Å². The molecule has 3 aromatic carbocycles. The van der Waals surface area contributed by atoms with Gasteiger partial charge in [-0.3, -0.25) is 19.2 Å². The first-order valence-corrected chi connectivity index (χ1v) is 10.2. The Morgan fingerprint density at radius 1 is 0.647 bits per heavy atom. The number of Topliss-reactive ketones (excluding diaryl/α,β-unsaturated/α-hetero) is 3. The molecule has 8 heteroatoms. The van der Waals surface area contributed by atoms with Crippen LogP contribution in [0.4, 0.5) is 0 Å². The minimum atomic E-state index is -3.63. The Hall–Kier alpha value is -3.82. The average Bonchev–Trinajstić information content (AvgIpc) is 2.91. The number of aliphatic hydroxyl groups excluding tert-OH is 2. The van der Waals surface area contributed by atoms with Crippen LogP contribution >= 0.6 is 0 Å². The smallest absolute Gasteiger partial charge is 0.222 e. The van der Waals surface area contributed by atoms with Crippen molar-refractivity contribution in [3.63, 3.8) is 0 Å². The molecule has 0 aliphatic rings. The maximum atomic E-state index is 13.4. The molecule has 0 saturated carbocycles. The van der Waals surface area contributed by atoms with E-state index in [1.165, 1.54) is 72.8 Å². The van der Waals surface area contributed by atoms with E-state index in [-0.39, 0.29) is 23.0 Å². The molecule has 0 aliphatic carbocycles. The van der Waals surface area contributed by atoms with E-state index in [4.69, 9.17) is 0 Å². The average molecular weight is 462 g/mol. The van der Waals surface area contributed by atoms with Crippen LogP contribution < -0.4 is 0 Å². The van der Waals surface area contributed by atoms with Crippen molar-refractivity contribution in [1.82, 2.24) is 0 Å². The molecule has 34 heavy (non-hydrogen) atoms. The normalized spacial score (nSPS) is 16.4. The summed E-state index contributed by atoms with van der Waals surface area (Å²) >= 11 is 0. The van der Waals surface area contributed by atoms with E-state index in [0.29, 0.717) is 0 Å². The van der Waals surface area contributed by atoms with Crippen LogP contribution in [0.25, 0.3) is 0 Å². The van der Waals surface area contributed by atoms with Gasteiger partial charge in [0.25, 0.3) is 0 Å². The van der Waals surface area contributed by atoms with Crippen molar-refractivity contribution in [1.29, 1.82) is 0 Å². The molecule has 0 bridgehead atoms. The van der Waals surface area contributed by atoms with E-state index in [9.17, 15) is 39.6 Å². The largest absolute Gasteiger partial charge is 0.386 e. The second-order valence-electron chi connectivity index (χ2n) is 7.66. The maximum Gasteiger partial charge on any atom is 0.222 e. The van der Waals surface area contributed by atoms with E-state index in [2.05, 4.69) is 0 Å². The van der Waals surface area contributed by atoms with Crippen LogP contribution in [0.2, 0.25) is 0 Å². The molecular weight excluding hydrogens is 440 g/mol. The number of rotatable bonds is 10. The summed E-state index contributed by atoms with van der Waals surface area (Å²) in [6.07, 6.45) is -5.63. The lowest BCUT2D eigenvalue weighted by Gasteiger charge is -2.41. The summed E-state index contributed by atoms with van der Waals surface area (Å²) in [6.45, 7) is 0. The van der Waals surface area contributed by atoms with Crippen LogP contribution in [-0.4, -0.2) is 67.5 Å². The molecule has 4 atom stereocenters. The first-order chi connectivity index (χ1) is 16.2. The molecule has 8 nitrogen and oxygen atoms in total. The Morgan fingerprint density at radius 3 is 1.44 bits per heavy atom. The van der Waals surface area contributed by atoms with Crippen molar-refractivity contribution in [2.45, 2.75) is 23.4 Å². The van der Waals surface area contributed by atoms with Crippen molar-refractivity contribution < 1.29 is 39.6 Å². The molecular formula is C26H22O8. The number of ketones is 3. The van der Waals surface area contributed by atoms with Gasteiger partial charge in [0.2, 0.25) is 17.2 Å². The van der Waals surface area contributed by atoms with Gasteiger partial charge in [0.05, 0.1) is 0 Å². The summed E-state index contributed by atoms with van der Waals surface area (Å²) in [5.74, 6) is -3.96. The SMILES string of the molecule is O=C[C@@](O)(C(=O)c1ccccc1)[C@@](O)(C(=O)c1ccccc1)[C@H](O)C(O)C(=O)c1ccccc1. The predicted molar refractivity (Wildman–Crippen MR) is 120 cm³/mol. The van der Waals surface area contributed by atoms with Gasteiger partial charge in [-0.05, 0) is 0 Å². The zero-order valence-corrected chi connectivity index (χ0v) is 17.8. The van der Waals surface area contributed by atoms with Crippen LogP contribution in [0.5, 0.6) is 0 Å². The fourth-order valence-electron chi connectivity index (χ4n) is 3.61. The van der Waals surface area contributed by atoms with Crippen molar-refractivity contribution >= 4 is 23.6 Å². The first kappa shape index (κ1) is 24.8. The summed E-state index contributed by atoms with van der Waals surface area (Å²) in [5, 5.41) is 44.3. The predicted octanol–water partition coefficient (Wildman–Crippen LogP) is 1.02. The van der Waals surface area contributed by atoms with E-state index < -0.39 is 40.8 Å². The topological polar surface area (TPSA) is 149 Å². The fourth-order valence-corrected chi connectivity index (χ4v) is 3.61. The van der Waals surface area contributed by atoms with Gasteiger partial charge < -0.3 is 20.4 Å². The molecule has 0 heterocycles. The molecule has 0 fully saturated rings. The molecule has 4 N–H and O–H groups in total. The van der Waals surface area contributed by atoms with Crippen molar-refractivity contribution in [3.8, 4) is 0 Å². The lowest BCUT2D eigenvalue weighted by molar-refractivity contribution is -0.172. The maximum absolute atomic E-state index is 13.4. The van der Waals surface area contributed by atoms with Crippen LogP contribution in [0.15, 0.2) is 91.0 Å². The number of aldehydes is 1. The van der Waals surface area contributed by atoms with Crippen LogP contribution in [0, 0.1) is 0 Å². The monoisotopic (exact) mass is 462 g/mol. The summed E-state index contributed by atoms with van der Waals surface area (Å²) in [4.78, 5) is 51.5. The van der Waals surface area contributed by atoms with E-state index >= 15 is 0 Å². The first-order valence-electron chi connectivity index (χ1n) is 10.2. The Labute approximate surface area is 194 Å². The summed E-state index contributed by atoms with van der Waals surface area (Å²) in [5.41, 5.74) is -7.81. The van der Waals surface area contributed by atoms with Gasteiger partial charge in [-0.1, -0.05) is 91.0 Å². The van der Waals surface area contributed by atoms with Crippen molar-refractivity contribution in [2.24, 2.45) is 0 Å². The van der Waals surface area contributed by atoms with Crippen LogP contribution in [-0.2, 0) is 4.79 Å². The molecule has 3 rings (SSSR count). The van der Waals surface area contributed by atoms with E-state index in [1.807, 2.05) is 0 Å². The standard InChI is InChI=1S/C26H22O8/c27-16-25(33,22(30)18-12-6-2-7-13-18)26(34,23(31)19-14-8-3-9-15-19)24(32)21(29)20(28)17-10-4-1-5-11-17/h1-16,21,24,29,32-34H/t21?,24-,25-,26-/m1/s1. The van der Waals surface area contributed by atoms with Crippen molar-refractivity contribution in [3.05, 3.63) is 108 Å². The molecule has 3 aromatic rings. The third-order valence-corrected chi connectivity index (χ3v) is 5.57. The summed E-state index contributed by atoms with van der Waals surface area (Å²) in [7, 11) is 0. The fraction of sp³-hybridized carbons (Fsp3) is 0.154. The third-order valence-electron chi connectivity index (χ3n) is 5.57. The van der Waals surface area contributed by atoms with Crippen LogP contribution in [0.1, 0.15) is 31.1 Å². The molecule has 0 aliphatic heterocycles. The van der Waals surface area contributed by atoms with Gasteiger partial charge in [0.1, 0.15) is 12.2 Å². The second-order valence-corrected chi connectivity index (χ2v) is 7.66. The second kappa shape index (κ2) is 9.98. The highest BCUT2D eigenvalue weighted by Gasteiger charge is 2.65. The zero-order chi connectivity index (χ0) is 24.9. The minimum Gasteiger partial charge on any atom is -0.386 e. The quantitative estimate of drug-likeness (QED) is 0.198. The molecule has 0 amide bonds.